The number of nitrogens with one attached hydrogen (secondary N) is 6. The number of unbranched alkanes of at least 4 members (excludes halogenated alkanes) is 2. The fourth-order valence-corrected chi connectivity index (χ4v) is 12.0. The van der Waals surface area contributed by atoms with Gasteiger partial charge in [0.05, 0.1) is 24.1 Å². The molecule has 11 amide bonds. The summed E-state index contributed by atoms with van der Waals surface area (Å²) >= 11 is 0. The number of aliphatic carboxylic acids is 1. The molecule has 0 radical (unpaired) electrons. The van der Waals surface area contributed by atoms with Gasteiger partial charge in [-0.25, -0.2) is 14.4 Å². The van der Waals surface area contributed by atoms with Crippen LogP contribution in [0.3, 0.4) is 0 Å². The highest BCUT2D eigenvalue weighted by Crippen LogP contribution is 2.30. The van der Waals surface area contributed by atoms with Crippen molar-refractivity contribution in [1.82, 2.24) is 46.2 Å². The first-order valence-corrected chi connectivity index (χ1v) is 32.9. The molecule has 27 nitrogen and oxygen atoms in total. The first kappa shape index (κ1) is 79.1. The number of carbonyl (C=O) groups is 12. The minimum Gasteiger partial charge on any atom is -0.480 e. The van der Waals surface area contributed by atoms with E-state index in [0.717, 1.165) is 15.4 Å². The highest BCUT2D eigenvalue weighted by molar-refractivity contribution is 6.12. The number of nitrogens with zero attached hydrogens (tertiary/aromatic N) is 4. The smallest absolute Gasteiger partial charge is 0.410 e. The molecule has 0 saturated carbocycles. The van der Waals surface area contributed by atoms with Crippen LogP contribution in [0, 0.1) is 29.6 Å². The van der Waals surface area contributed by atoms with E-state index >= 15 is 0 Å². The average molecular weight is 1330 g/mol. The summed E-state index contributed by atoms with van der Waals surface area (Å²) < 4.78 is 17.6. The van der Waals surface area contributed by atoms with Gasteiger partial charge in [0.25, 0.3) is 11.8 Å². The summed E-state index contributed by atoms with van der Waals surface area (Å²) in [7, 11) is 5.96. The van der Waals surface area contributed by atoms with E-state index < -0.39 is 126 Å². The third-order valence-corrected chi connectivity index (χ3v) is 17.6. The number of carbonyl (C=O) groups excluding carboxylic acids is 11. The molecule has 0 bridgehead atoms. The van der Waals surface area contributed by atoms with Gasteiger partial charge in [0.1, 0.15) is 43.0 Å². The number of Topliss-reactive ketones (excluding diaryl/α,β-unsaturated/α-hetero) is 1. The van der Waals surface area contributed by atoms with Crippen molar-refractivity contribution in [1.29, 1.82) is 0 Å². The molecule has 2 aliphatic heterocycles. The Kier molecular flexibility index (Phi) is 32.4. The summed E-state index contributed by atoms with van der Waals surface area (Å²) in [5.41, 5.74) is 6.82. The third kappa shape index (κ3) is 23.8. The number of benzene rings is 2. The molecule has 0 aromatic heterocycles. The summed E-state index contributed by atoms with van der Waals surface area (Å²) in [6.45, 7) is 16.6. The van der Waals surface area contributed by atoms with Gasteiger partial charge >= 0.3 is 18.1 Å². The number of rotatable bonds is 40. The molecule has 11 atom stereocenters. The third-order valence-electron chi connectivity index (χ3n) is 17.6. The molecule has 95 heavy (non-hydrogen) atoms. The molecule has 2 aromatic rings. The Morgan fingerprint density at radius 1 is 0.695 bits per heavy atom. The van der Waals surface area contributed by atoms with Crippen LogP contribution < -0.4 is 37.6 Å². The molecule has 2 aliphatic rings. The van der Waals surface area contributed by atoms with Crippen molar-refractivity contribution in [3.8, 4) is 0 Å². The summed E-state index contributed by atoms with van der Waals surface area (Å²) in [5.74, 6) is -7.68. The highest BCUT2D eigenvalue weighted by Gasteiger charge is 2.44. The Balaban J connectivity index is 1.38. The number of urea groups is 1. The summed E-state index contributed by atoms with van der Waals surface area (Å²) in [6, 6.07) is 7.71. The number of ketones is 1. The maximum Gasteiger partial charge on any atom is 0.410 e. The molecule has 1 saturated heterocycles. The van der Waals surface area contributed by atoms with Gasteiger partial charge in [0.15, 0.2) is 5.78 Å². The second-order valence-corrected chi connectivity index (χ2v) is 25.7. The maximum atomic E-state index is 14.8. The van der Waals surface area contributed by atoms with Crippen LogP contribution in [0.25, 0.3) is 0 Å². The second-order valence-electron chi connectivity index (χ2n) is 25.7. The van der Waals surface area contributed by atoms with Crippen molar-refractivity contribution >= 4 is 76.8 Å². The predicted molar refractivity (Wildman–Crippen MR) is 354 cm³/mol. The number of ether oxygens (including phenoxy) is 3. The number of primary amides is 1. The van der Waals surface area contributed by atoms with Crippen molar-refractivity contribution in [3.05, 3.63) is 77.9 Å². The fourth-order valence-electron chi connectivity index (χ4n) is 12.0. The minimum atomic E-state index is -1.20. The van der Waals surface area contributed by atoms with Gasteiger partial charge in [-0.15, -0.1) is 0 Å². The molecule has 9 N–H and O–H groups in total. The lowest BCUT2D eigenvalue weighted by atomic mass is 9.88. The Hall–Kier alpha value is -8.30. The van der Waals surface area contributed by atoms with Crippen molar-refractivity contribution in [3.63, 3.8) is 0 Å². The Morgan fingerprint density at radius 2 is 1.33 bits per heavy atom. The molecular weight excluding hydrogens is 1230 g/mol. The summed E-state index contributed by atoms with van der Waals surface area (Å²) in [4.78, 5) is 165. The van der Waals surface area contributed by atoms with Gasteiger partial charge in [-0.05, 0) is 92.4 Å². The van der Waals surface area contributed by atoms with Crippen LogP contribution in [-0.4, -0.2) is 198 Å². The monoisotopic (exact) mass is 1330 g/mol. The molecule has 526 valence electrons. The number of likely N-dealkylation sites (N-methyl/N-ethyl adjacent to an activating group) is 2. The molecule has 2 heterocycles. The molecule has 1 fully saturated rings. The van der Waals surface area contributed by atoms with E-state index in [4.69, 9.17) is 19.9 Å². The molecule has 1 unspecified atom stereocenters. The maximum absolute atomic E-state index is 14.8. The van der Waals surface area contributed by atoms with Crippen molar-refractivity contribution in [2.75, 3.05) is 53.3 Å². The number of imide groups is 1. The zero-order chi connectivity index (χ0) is 70.8. The SMILES string of the molecule is CC[C@H](C)[C@@H]([C@@H](CC(=O)C1CCCN1[C@H](OC)[C@@H](C)C(=O)N[C@@H](Cc1ccccc1)C(=O)O)OC)N(C)C(=O)[C@@H](NC(=O)[C@H](C(C)C)N(C)C(=O)OCc1ccc(NC(=O)[C@H](CCCNC(N)=O)NC(=O)[C@@H](NC(=O)CCCCCN2C(=O)C=CC2=O)C(C)C)cc1)C(C)C. The second kappa shape index (κ2) is 38.9. The fraction of sp³-hybridized carbons (Fsp3) is 0.618. The largest absolute Gasteiger partial charge is 0.480 e. The minimum absolute atomic E-state index is 0.0720. The number of hydrogen-bond donors (Lipinski definition) is 8. The van der Waals surface area contributed by atoms with Crippen molar-refractivity contribution in [2.24, 2.45) is 35.3 Å². The number of carboxylic acid groups (broad SMARTS) is 1. The topological polar surface area (TPSA) is 364 Å². The number of hydrogen-bond acceptors (Lipinski definition) is 16. The first-order valence-electron chi connectivity index (χ1n) is 32.9. The lowest BCUT2D eigenvalue weighted by molar-refractivity contribution is -0.149. The van der Waals surface area contributed by atoms with Crippen LogP contribution in [0.2, 0.25) is 0 Å². The number of methoxy groups -OCH3 is 2. The molecule has 0 aliphatic carbocycles. The number of anilines is 1. The summed E-state index contributed by atoms with van der Waals surface area (Å²) in [5, 5.41) is 26.4. The number of likely N-dealkylation sites (tertiary alicyclic amines) is 1. The standard InChI is InChI=1S/C68H103N11O16/c1-14-43(8)59(52(93-12)38-51(80)50-26-22-36-78(50)65(94-13)44(9)60(84)73-49(66(89)90)37-45-23-17-15-18-24-45)76(10)64(88)57(41(4)5)75-63(87)58(42(6)7)77(11)68(92)95-39-46-28-30-47(31-29-46)71-61(85)48(25-21-34-70-67(69)91)72-62(86)56(40(2)3)74-53(81)27-19-16-20-35-79-54(82)32-33-55(79)83/h15,17-18,23-24,28-33,40-44,48-50,52,56-59,65H,14,16,19-22,25-27,34-39H2,1-13H3,(H,71,85)(H,72,86)(H,73,84)(H,74,81)(H,75,87)(H,89,90)(H3,69,70,91)/t43-,44-,48-,49-,50?,52+,56-,57-,58-,59-,65+/m0/s1. The van der Waals surface area contributed by atoms with Crippen LogP contribution in [0.1, 0.15) is 138 Å². The average Bonchev–Trinajstić information content (AvgIpc) is 1.81. The van der Waals surface area contributed by atoms with Crippen molar-refractivity contribution < 1.29 is 76.9 Å². The Morgan fingerprint density at radius 3 is 1.89 bits per heavy atom. The summed E-state index contributed by atoms with van der Waals surface area (Å²) in [6.07, 6.45) is 3.47. The van der Waals surface area contributed by atoms with Gasteiger partial charge in [0, 0.05) is 85.1 Å². The zero-order valence-corrected chi connectivity index (χ0v) is 57.5. The van der Waals surface area contributed by atoms with E-state index in [1.165, 1.54) is 38.3 Å². The number of amides is 11. The van der Waals surface area contributed by atoms with Gasteiger partial charge in [-0.1, -0.05) is 111 Å². The van der Waals surface area contributed by atoms with Gasteiger partial charge in [-0.2, -0.15) is 0 Å². The first-order chi connectivity index (χ1) is 44.9. The lowest BCUT2D eigenvalue weighted by Crippen LogP contribution is -2.60. The van der Waals surface area contributed by atoms with E-state index in [-0.39, 0.29) is 81.2 Å². The van der Waals surface area contributed by atoms with E-state index in [9.17, 15) is 62.6 Å². The van der Waals surface area contributed by atoms with Crippen molar-refractivity contribution in [2.45, 2.75) is 194 Å². The molecular formula is C68H103N11O16. The van der Waals surface area contributed by atoms with Gasteiger partial charge in [-0.3, -0.25) is 57.9 Å². The van der Waals surface area contributed by atoms with Crippen LogP contribution in [0.5, 0.6) is 0 Å². The van der Waals surface area contributed by atoms with Crippen LogP contribution in [0.4, 0.5) is 15.3 Å². The highest BCUT2D eigenvalue weighted by atomic mass is 16.6. The van der Waals surface area contributed by atoms with Crippen LogP contribution in [-0.2, 0) is 75.2 Å². The Bertz CT molecular complexity index is 2950. The van der Waals surface area contributed by atoms with E-state index in [1.54, 1.807) is 104 Å². The van der Waals surface area contributed by atoms with E-state index in [0.29, 0.717) is 56.3 Å². The predicted octanol–water partition coefficient (Wildman–Crippen LogP) is 4.65. The molecule has 27 heteroatoms. The van der Waals surface area contributed by atoms with Crippen LogP contribution in [0.15, 0.2) is 66.7 Å². The van der Waals surface area contributed by atoms with E-state index in [1.807, 2.05) is 24.8 Å². The Labute approximate surface area is 558 Å². The normalized spacial score (nSPS) is 17.1. The van der Waals surface area contributed by atoms with Gasteiger partial charge < -0.3 is 61.9 Å². The quantitative estimate of drug-likeness (QED) is 0.0332. The lowest BCUT2D eigenvalue weighted by Gasteiger charge is -2.41. The van der Waals surface area contributed by atoms with E-state index in [2.05, 4.69) is 31.9 Å². The molecule has 2 aromatic carbocycles. The number of carboxylic acids is 1. The zero-order valence-electron chi connectivity index (χ0n) is 57.5. The van der Waals surface area contributed by atoms with Crippen LogP contribution >= 0.6 is 0 Å². The molecule has 4 rings (SSSR count). The molecule has 0 spiro atoms. The van der Waals surface area contributed by atoms with Gasteiger partial charge in [0.2, 0.25) is 35.4 Å². The number of nitrogens with two attached hydrogens (primary N) is 1.